The SMILES string of the molecule is CCC(=O)Oc1ccc(/C=C2\N=C(c3ccc([N+](=O)[O-])cc3)OC2=O)cc1OC. The summed E-state index contributed by atoms with van der Waals surface area (Å²) in [4.78, 5) is 38.0. The van der Waals surface area contributed by atoms with Gasteiger partial charge in [-0.3, -0.25) is 14.9 Å². The molecule has 1 heterocycles. The molecule has 0 saturated carbocycles. The Bertz CT molecular complexity index is 1040. The minimum atomic E-state index is -0.654. The van der Waals surface area contributed by atoms with Gasteiger partial charge in [0.25, 0.3) is 5.69 Å². The lowest BCUT2D eigenvalue weighted by atomic mass is 10.1. The van der Waals surface area contributed by atoms with Crippen molar-refractivity contribution in [2.45, 2.75) is 13.3 Å². The lowest BCUT2D eigenvalue weighted by molar-refractivity contribution is -0.384. The Balaban J connectivity index is 1.86. The molecule has 0 fully saturated rings. The molecule has 1 aliphatic rings. The van der Waals surface area contributed by atoms with Crippen LogP contribution in [-0.4, -0.2) is 29.9 Å². The number of non-ortho nitro benzene ring substituents is 1. The van der Waals surface area contributed by atoms with E-state index in [1.807, 2.05) is 0 Å². The molecule has 0 unspecified atom stereocenters. The Morgan fingerprint density at radius 1 is 1.21 bits per heavy atom. The number of carbonyl (C=O) groups excluding carboxylic acids is 2. The smallest absolute Gasteiger partial charge is 0.363 e. The predicted molar refractivity (Wildman–Crippen MR) is 103 cm³/mol. The normalized spacial score (nSPS) is 14.3. The lowest BCUT2D eigenvalue weighted by Gasteiger charge is -2.09. The summed E-state index contributed by atoms with van der Waals surface area (Å²) in [7, 11) is 1.43. The van der Waals surface area contributed by atoms with Crippen molar-refractivity contribution in [2.24, 2.45) is 4.99 Å². The molecule has 0 spiro atoms. The summed E-state index contributed by atoms with van der Waals surface area (Å²) in [5.74, 6) is -0.404. The van der Waals surface area contributed by atoms with E-state index in [9.17, 15) is 19.7 Å². The molecule has 0 amide bonds. The fraction of sp³-hybridized carbons (Fsp3) is 0.150. The van der Waals surface area contributed by atoms with Crippen LogP contribution in [0.2, 0.25) is 0 Å². The van der Waals surface area contributed by atoms with Crippen LogP contribution in [-0.2, 0) is 14.3 Å². The minimum Gasteiger partial charge on any atom is -0.493 e. The molecule has 0 saturated heterocycles. The number of carbonyl (C=O) groups is 2. The summed E-state index contributed by atoms with van der Waals surface area (Å²) in [5.41, 5.74) is 0.995. The number of nitrogens with zero attached hydrogens (tertiary/aromatic N) is 2. The number of hydrogen-bond donors (Lipinski definition) is 0. The van der Waals surface area contributed by atoms with E-state index in [1.165, 1.54) is 37.5 Å². The van der Waals surface area contributed by atoms with Gasteiger partial charge in [0.15, 0.2) is 17.2 Å². The van der Waals surface area contributed by atoms with Crippen molar-refractivity contribution in [3.8, 4) is 11.5 Å². The average Bonchev–Trinajstić information content (AvgIpc) is 3.09. The number of rotatable bonds is 6. The molecule has 0 radical (unpaired) electrons. The topological polar surface area (TPSA) is 117 Å². The molecule has 0 aliphatic carbocycles. The second kappa shape index (κ2) is 8.34. The van der Waals surface area contributed by atoms with Crippen molar-refractivity contribution in [1.82, 2.24) is 0 Å². The van der Waals surface area contributed by atoms with Crippen LogP contribution in [0.25, 0.3) is 6.08 Å². The van der Waals surface area contributed by atoms with E-state index in [2.05, 4.69) is 4.99 Å². The van der Waals surface area contributed by atoms with E-state index in [4.69, 9.17) is 14.2 Å². The Hall–Kier alpha value is -4.01. The van der Waals surface area contributed by atoms with Crippen LogP contribution < -0.4 is 9.47 Å². The first kappa shape index (κ1) is 19.7. The van der Waals surface area contributed by atoms with Crippen LogP contribution in [0.5, 0.6) is 11.5 Å². The predicted octanol–water partition coefficient (Wildman–Crippen LogP) is 3.26. The Morgan fingerprint density at radius 3 is 2.55 bits per heavy atom. The summed E-state index contributed by atoms with van der Waals surface area (Å²) >= 11 is 0. The number of benzene rings is 2. The van der Waals surface area contributed by atoms with Crippen molar-refractivity contribution in [3.63, 3.8) is 0 Å². The van der Waals surface area contributed by atoms with Crippen LogP contribution >= 0.6 is 0 Å². The first-order valence-corrected chi connectivity index (χ1v) is 8.57. The van der Waals surface area contributed by atoms with Gasteiger partial charge in [0.05, 0.1) is 12.0 Å². The molecule has 9 heteroatoms. The standard InChI is InChI=1S/C20H16N2O7/c1-3-18(23)28-16-9-4-12(11-17(16)27-2)10-15-20(24)29-19(21-15)13-5-7-14(8-6-13)22(25)26/h4-11H,3H2,1-2H3/b15-10-. The van der Waals surface area contributed by atoms with Gasteiger partial charge in [0, 0.05) is 24.1 Å². The molecular formula is C20H16N2O7. The first-order valence-electron chi connectivity index (χ1n) is 8.57. The van der Waals surface area contributed by atoms with Crippen molar-refractivity contribution in [1.29, 1.82) is 0 Å². The van der Waals surface area contributed by atoms with Crippen LogP contribution in [0.4, 0.5) is 5.69 Å². The highest BCUT2D eigenvalue weighted by Crippen LogP contribution is 2.30. The first-order chi connectivity index (χ1) is 13.9. The van der Waals surface area contributed by atoms with Gasteiger partial charge in [-0.1, -0.05) is 13.0 Å². The van der Waals surface area contributed by atoms with Gasteiger partial charge in [-0.2, -0.15) is 0 Å². The van der Waals surface area contributed by atoms with Crippen molar-refractivity contribution in [2.75, 3.05) is 7.11 Å². The number of ether oxygens (including phenoxy) is 3. The molecule has 9 nitrogen and oxygen atoms in total. The summed E-state index contributed by atoms with van der Waals surface area (Å²) in [6.07, 6.45) is 1.72. The number of nitro groups is 1. The molecule has 148 valence electrons. The number of methoxy groups -OCH3 is 1. The summed E-state index contributed by atoms with van der Waals surface area (Å²) in [6.45, 7) is 1.68. The summed E-state index contributed by atoms with van der Waals surface area (Å²) < 4.78 is 15.6. The molecular weight excluding hydrogens is 380 g/mol. The molecule has 3 rings (SSSR count). The molecule has 0 bridgehead atoms. The van der Waals surface area contributed by atoms with E-state index in [0.717, 1.165) is 0 Å². The maximum Gasteiger partial charge on any atom is 0.363 e. The number of nitro benzene ring substituents is 1. The van der Waals surface area contributed by atoms with Crippen LogP contribution in [0.15, 0.2) is 53.2 Å². The van der Waals surface area contributed by atoms with E-state index >= 15 is 0 Å². The Kier molecular flexibility index (Phi) is 5.68. The van der Waals surface area contributed by atoms with Crippen LogP contribution in [0.1, 0.15) is 24.5 Å². The number of cyclic esters (lactones) is 1. The maximum absolute atomic E-state index is 12.1. The highest BCUT2D eigenvalue weighted by molar-refractivity contribution is 6.12. The third-order valence-corrected chi connectivity index (χ3v) is 3.95. The third-order valence-electron chi connectivity index (χ3n) is 3.95. The van der Waals surface area contributed by atoms with Gasteiger partial charge in [-0.25, -0.2) is 9.79 Å². The molecule has 29 heavy (non-hydrogen) atoms. The Morgan fingerprint density at radius 2 is 1.93 bits per heavy atom. The van der Waals surface area contributed by atoms with Crippen LogP contribution in [0.3, 0.4) is 0 Å². The zero-order valence-corrected chi connectivity index (χ0v) is 15.6. The molecule has 2 aromatic carbocycles. The van der Waals surface area contributed by atoms with E-state index < -0.39 is 16.9 Å². The van der Waals surface area contributed by atoms with Crippen molar-refractivity contribution in [3.05, 3.63) is 69.4 Å². The maximum atomic E-state index is 12.1. The molecule has 0 aromatic heterocycles. The molecule has 2 aromatic rings. The van der Waals surface area contributed by atoms with E-state index in [1.54, 1.807) is 25.1 Å². The van der Waals surface area contributed by atoms with Gasteiger partial charge in [0.2, 0.25) is 5.90 Å². The minimum absolute atomic E-state index is 0.0524. The zero-order chi connectivity index (χ0) is 21.0. The molecule has 0 atom stereocenters. The van der Waals surface area contributed by atoms with Gasteiger partial charge < -0.3 is 14.2 Å². The highest BCUT2D eigenvalue weighted by atomic mass is 16.6. The number of hydrogen-bond acceptors (Lipinski definition) is 8. The molecule has 0 N–H and O–H groups in total. The quantitative estimate of drug-likeness (QED) is 0.242. The monoisotopic (exact) mass is 396 g/mol. The second-order valence-corrected chi connectivity index (χ2v) is 5.88. The van der Waals surface area contributed by atoms with Gasteiger partial charge in [-0.15, -0.1) is 0 Å². The van der Waals surface area contributed by atoms with Crippen LogP contribution in [0, 0.1) is 10.1 Å². The lowest BCUT2D eigenvalue weighted by Crippen LogP contribution is -2.06. The van der Waals surface area contributed by atoms with E-state index in [-0.39, 0.29) is 29.5 Å². The van der Waals surface area contributed by atoms with Crippen molar-refractivity contribution >= 4 is 29.6 Å². The van der Waals surface area contributed by atoms with Crippen molar-refractivity contribution < 1.29 is 28.7 Å². The number of esters is 2. The largest absolute Gasteiger partial charge is 0.493 e. The van der Waals surface area contributed by atoms with Gasteiger partial charge in [0.1, 0.15) is 0 Å². The third kappa shape index (κ3) is 4.46. The summed E-state index contributed by atoms with van der Waals surface area (Å²) in [5, 5.41) is 10.7. The molecule has 1 aliphatic heterocycles. The Labute approximate surface area is 165 Å². The average molecular weight is 396 g/mol. The zero-order valence-electron chi connectivity index (χ0n) is 15.6. The fourth-order valence-corrected chi connectivity index (χ4v) is 2.47. The summed E-state index contributed by atoms with van der Waals surface area (Å²) in [6, 6.07) is 10.3. The fourth-order valence-electron chi connectivity index (χ4n) is 2.47. The number of aliphatic imine (C=N–C) groups is 1. The van der Waals surface area contributed by atoms with E-state index in [0.29, 0.717) is 16.9 Å². The van der Waals surface area contributed by atoms with Gasteiger partial charge in [-0.05, 0) is 35.9 Å². The van der Waals surface area contributed by atoms with Gasteiger partial charge >= 0.3 is 11.9 Å². The second-order valence-electron chi connectivity index (χ2n) is 5.88. The highest BCUT2D eigenvalue weighted by Gasteiger charge is 2.24.